The second kappa shape index (κ2) is 8.70. The zero-order valence-electron chi connectivity index (χ0n) is 13.5. The standard InChI is InChI=1S/C17H15ClN2O5/c1-23-15-9-11(10-19-20-17(22)24-2)7-8-14(15)25-16(21)12-5-3-4-6-13(12)18/h3-10H,1-2H3,(H,20,22)/b19-10-. The lowest BCUT2D eigenvalue weighted by atomic mass is 10.2. The fourth-order valence-electron chi connectivity index (χ4n) is 1.84. The molecule has 130 valence electrons. The Kier molecular flexibility index (Phi) is 6.36. The summed E-state index contributed by atoms with van der Waals surface area (Å²) in [6.07, 6.45) is 0.701. The van der Waals surface area contributed by atoms with E-state index in [1.807, 2.05) is 0 Å². The molecule has 2 aromatic rings. The van der Waals surface area contributed by atoms with Gasteiger partial charge in [0.15, 0.2) is 11.5 Å². The molecule has 0 aliphatic heterocycles. The number of halogens is 1. The number of carbonyl (C=O) groups excluding carboxylic acids is 2. The second-order valence-electron chi connectivity index (χ2n) is 4.64. The topological polar surface area (TPSA) is 86.2 Å². The van der Waals surface area contributed by atoms with Crippen LogP contribution in [0.4, 0.5) is 4.79 Å². The minimum absolute atomic E-state index is 0.227. The van der Waals surface area contributed by atoms with Gasteiger partial charge in [-0.15, -0.1) is 0 Å². The van der Waals surface area contributed by atoms with Gasteiger partial charge in [-0.1, -0.05) is 23.7 Å². The maximum Gasteiger partial charge on any atom is 0.427 e. The zero-order chi connectivity index (χ0) is 18.2. The monoisotopic (exact) mass is 362 g/mol. The van der Waals surface area contributed by atoms with E-state index >= 15 is 0 Å². The van der Waals surface area contributed by atoms with Crippen LogP contribution in [-0.2, 0) is 4.74 Å². The van der Waals surface area contributed by atoms with Crippen molar-refractivity contribution in [3.05, 3.63) is 58.6 Å². The molecule has 1 amide bonds. The maximum absolute atomic E-state index is 12.2. The summed E-state index contributed by atoms with van der Waals surface area (Å²) in [6.45, 7) is 0. The summed E-state index contributed by atoms with van der Waals surface area (Å²) in [4.78, 5) is 23.1. The third-order valence-electron chi connectivity index (χ3n) is 3.04. The highest BCUT2D eigenvalue weighted by Crippen LogP contribution is 2.29. The molecule has 0 atom stereocenters. The van der Waals surface area contributed by atoms with Gasteiger partial charge in [0.05, 0.1) is 31.0 Å². The normalized spacial score (nSPS) is 10.4. The summed E-state index contributed by atoms with van der Waals surface area (Å²) in [5.74, 6) is -0.0504. The van der Waals surface area contributed by atoms with Gasteiger partial charge >= 0.3 is 12.1 Å². The van der Waals surface area contributed by atoms with Gasteiger partial charge in [0.25, 0.3) is 0 Å². The van der Waals surface area contributed by atoms with Crippen LogP contribution in [0.3, 0.4) is 0 Å². The Morgan fingerprint density at radius 1 is 1.12 bits per heavy atom. The summed E-state index contributed by atoms with van der Waals surface area (Å²) < 4.78 is 14.9. The van der Waals surface area contributed by atoms with Crippen molar-refractivity contribution in [2.45, 2.75) is 0 Å². The summed E-state index contributed by atoms with van der Waals surface area (Å²) in [5.41, 5.74) is 3.03. The first kappa shape index (κ1) is 18.3. The quantitative estimate of drug-likeness (QED) is 0.382. The number of ether oxygens (including phenoxy) is 3. The van der Waals surface area contributed by atoms with Crippen molar-refractivity contribution >= 4 is 29.9 Å². The van der Waals surface area contributed by atoms with E-state index in [0.717, 1.165) is 0 Å². The van der Waals surface area contributed by atoms with E-state index in [9.17, 15) is 9.59 Å². The predicted octanol–water partition coefficient (Wildman–Crippen LogP) is 3.26. The van der Waals surface area contributed by atoms with Crippen LogP contribution in [-0.4, -0.2) is 32.5 Å². The number of carbonyl (C=O) groups is 2. The van der Waals surface area contributed by atoms with E-state index in [-0.39, 0.29) is 11.3 Å². The molecule has 0 bridgehead atoms. The number of hydrazone groups is 1. The maximum atomic E-state index is 12.2. The molecule has 8 heteroatoms. The van der Waals surface area contributed by atoms with E-state index in [2.05, 4.69) is 15.3 Å². The van der Waals surface area contributed by atoms with Crippen LogP contribution in [0.2, 0.25) is 5.02 Å². The third kappa shape index (κ3) is 4.95. The number of methoxy groups -OCH3 is 2. The number of amides is 1. The minimum atomic E-state index is -0.687. The van der Waals surface area contributed by atoms with E-state index in [1.165, 1.54) is 20.4 Å². The fraction of sp³-hybridized carbons (Fsp3) is 0.118. The number of esters is 1. The Morgan fingerprint density at radius 2 is 1.88 bits per heavy atom. The molecule has 0 unspecified atom stereocenters. The van der Waals surface area contributed by atoms with Crippen molar-refractivity contribution in [1.82, 2.24) is 5.43 Å². The van der Waals surface area contributed by atoms with Crippen molar-refractivity contribution in [3.8, 4) is 11.5 Å². The first-order valence-corrected chi connectivity index (χ1v) is 7.44. The molecule has 0 saturated heterocycles. The molecule has 0 saturated carbocycles. The van der Waals surface area contributed by atoms with Crippen LogP contribution < -0.4 is 14.9 Å². The summed E-state index contributed by atoms with van der Waals surface area (Å²) in [7, 11) is 2.67. The van der Waals surface area contributed by atoms with E-state index < -0.39 is 12.1 Å². The van der Waals surface area contributed by atoms with Crippen molar-refractivity contribution in [2.24, 2.45) is 5.10 Å². The lowest BCUT2D eigenvalue weighted by molar-refractivity contribution is 0.0730. The average molecular weight is 363 g/mol. The first-order valence-electron chi connectivity index (χ1n) is 7.07. The van der Waals surface area contributed by atoms with Crippen LogP contribution in [0.15, 0.2) is 47.6 Å². The average Bonchev–Trinajstić information content (AvgIpc) is 2.62. The number of rotatable bonds is 5. The lowest BCUT2D eigenvalue weighted by Crippen LogP contribution is -2.16. The minimum Gasteiger partial charge on any atom is -0.493 e. The second-order valence-corrected chi connectivity index (χ2v) is 5.05. The molecule has 25 heavy (non-hydrogen) atoms. The first-order chi connectivity index (χ1) is 12.0. The zero-order valence-corrected chi connectivity index (χ0v) is 14.2. The molecule has 0 aliphatic carbocycles. The highest BCUT2D eigenvalue weighted by atomic mass is 35.5. The molecule has 0 heterocycles. The van der Waals surface area contributed by atoms with Crippen LogP contribution in [0.25, 0.3) is 0 Å². The predicted molar refractivity (Wildman–Crippen MR) is 92.5 cm³/mol. The Balaban J connectivity index is 2.15. The van der Waals surface area contributed by atoms with E-state index in [0.29, 0.717) is 16.3 Å². The van der Waals surface area contributed by atoms with Gasteiger partial charge in [0, 0.05) is 0 Å². The van der Waals surface area contributed by atoms with Gasteiger partial charge in [0.1, 0.15) is 0 Å². The highest BCUT2D eigenvalue weighted by molar-refractivity contribution is 6.33. The van der Waals surface area contributed by atoms with Crippen LogP contribution in [0.5, 0.6) is 11.5 Å². The Morgan fingerprint density at radius 3 is 2.56 bits per heavy atom. The van der Waals surface area contributed by atoms with E-state index in [1.54, 1.807) is 42.5 Å². The van der Waals surface area contributed by atoms with Gasteiger partial charge in [0.2, 0.25) is 0 Å². The molecule has 0 aromatic heterocycles. The molecule has 2 rings (SSSR count). The van der Waals surface area contributed by atoms with Gasteiger partial charge < -0.3 is 14.2 Å². The molecule has 0 fully saturated rings. The third-order valence-corrected chi connectivity index (χ3v) is 3.37. The molecular formula is C17H15ClN2O5. The molecule has 1 N–H and O–H groups in total. The van der Waals surface area contributed by atoms with Crippen LogP contribution in [0, 0.1) is 0 Å². The van der Waals surface area contributed by atoms with Crippen molar-refractivity contribution in [1.29, 1.82) is 0 Å². The van der Waals surface area contributed by atoms with Crippen molar-refractivity contribution in [3.63, 3.8) is 0 Å². The Hall–Kier alpha value is -3.06. The van der Waals surface area contributed by atoms with Gasteiger partial charge in [-0.2, -0.15) is 5.10 Å². The molecule has 2 aromatic carbocycles. The van der Waals surface area contributed by atoms with Crippen molar-refractivity contribution in [2.75, 3.05) is 14.2 Å². The van der Waals surface area contributed by atoms with Gasteiger partial charge in [-0.05, 0) is 35.9 Å². The number of benzene rings is 2. The van der Waals surface area contributed by atoms with Gasteiger partial charge in [-0.3, -0.25) is 0 Å². The molecular weight excluding hydrogens is 348 g/mol. The molecule has 0 aliphatic rings. The van der Waals surface area contributed by atoms with E-state index in [4.69, 9.17) is 21.1 Å². The summed E-state index contributed by atoms with van der Waals surface area (Å²) in [5, 5.41) is 4.00. The molecule has 7 nitrogen and oxygen atoms in total. The molecule has 0 radical (unpaired) electrons. The fourth-order valence-corrected chi connectivity index (χ4v) is 2.05. The molecule has 0 spiro atoms. The van der Waals surface area contributed by atoms with Crippen molar-refractivity contribution < 1.29 is 23.8 Å². The number of hydrogen-bond donors (Lipinski definition) is 1. The highest BCUT2D eigenvalue weighted by Gasteiger charge is 2.15. The largest absolute Gasteiger partial charge is 0.493 e. The lowest BCUT2D eigenvalue weighted by Gasteiger charge is -2.10. The summed E-state index contributed by atoms with van der Waals surface area (Å²) >= 11 is 5.98. The number of nitrogens with one attached hydrogen (secondary N) is 1. The number of nitrogens with zero attached hydrogens (tertiary/aromatic N) is 1. The SMILES string of the molecule is COC(=O)N/N=C\c1ccc(OC(=O)c2ccccc2Cl)c(OC)c1. The Labute approximate surface area is 149 Å². The van der Waals surface area contributed by atoms with Crippen LogP contribution >= 0.6 is 11.6 Å². The summed E-state index contributed by atoms with van der Waals surface area (Å²) in [6, 6.07) is 11.4. The Bertz CT molecular complexity index is 807. The van der Waals surface area contributed by atoms with Gasteiger partial charge in [-0.25, -0.2) is 15.0 Å². The number of hydrogen-bond acceptors (Lipinski definition) is 6. The smallest absolute Gasteiger partial charge is 0.427 e. The van der Waals surface area contributed by atoms with Crippen LogP contribution in [0.1, 0.15) is 15.9 Å².